The van der Waals surface area contributed by atoms with Gasteiger partial charge in [-0.05, 0) is 140 Å². The first-order valence-electron chi connectivity index (χ1n) is 25.2. The number of para-hydroxylation sites is 1. The number of carbonyl (C=O) groups excluding carboxylic acids is 4. The molecule has 2 saturated heterocycles. The maximum absolute atomic E-state index is 15.2. The normalized spacial score (nSPS) is 31.1. The number of Topliss-reactive ketones (excluding diaryl/α,β-unsaturated/α-hetero) is 1. The number of ketones is 1. The van der Waals surface area contributed by atoms with E-state index >= 15 is 4.79 Å². The number of sulfonamides is 1. The molecule has 7 atom stereocenters. The molecule has 0 spiro atoms. The number of benzene rings is 1. The SMILES string of the molecule is C=C[C@@H]1C[C@]1(CC(=O)[C@@H]1C[C@@H]2CN1C(=O)[C@H](C1CCCC1)CC(=O)O[C@@H]1CCC[C@H]1CC/C=C/Cc1c(nc3ccccc3c1OCCCN1CCCCC1)O2)C(=O)NS(=O)(=O)C1(C)CC1. The van der Waals surface area contributed by atoms with E-state index in [2.05, 4.69) is 28.4 Å². The number of nitrogens with one attached hydrogen (secondary N) is 1. The van der Waals surface area contributed by atoms with Crippen LogP contribution in [0.2, 0.25) is 0 Å². The van der Waals surface area contributed by atoms with Gasteiger partial charge in [-0.15, -0.1) is 6.58 Å². The van der Waals surface area contributed by atoms with Gasteiger partial charge in [0.25, 0.3) is 0 Å². The van der Waals surface area contributed by atoms with Crippen molar-refractivity contribution in [2.45, 2.75) is 158 Å². The van der Waals surface area contributed by atoms with Crippen LogP contribution in [0, 0.1) is 29.1 Å². The Morgan fingerprint density at radius 2 is 1.74 bits per heavy atom. The van der Waals surface area contributed by atoms with Gasteiger partial charge in [0.15, 0.2) is 5.78 Å². The molecule has 2 amide bonds. The van der Waals surface area contributed by atoms with Crippen molar-refractivity contribution < 1.29 is 41.8 Å². The fraction of sp³-hybridized carbons (Fsp3) is 0.673. The molecule has 2 aromatic rings. The predicted octanol–water partition coefficient (Wildman–Crippen LogP) is 7.79. The number of piperidine rings is 1. The minimum atomic E-state index is -3.96. The third-order valence-corrected chi connectivity index (χ3v) is 18.5. The number of aromatic nitrogens is 1. The van der Waals surface area contributed by atoms with E-state index in [1.165, 1.54) is 19.3 Å². The standard InChI is InChI=1S/C52H70N4O9S/c1-3-37-32-52(37,50(60)54-66(61,62)51(2)24-25-51)33-44(57)43-30-38-34-56(43)49(59)41(35-16-8-9-17-35)31-46(58)65-45-23-14-19-36(45)18-6-4-7-21-40-47(63-29-15-28-55-26-12-5-13-27-55)39-20-10-11-22-42(39)53-48(40)64-38/h3-4,7,10-11,20,22,35-38,41,43,45H,1,5-6,8-9,12-19,21,23-34H2,2H3,(H,54,60)/b7-4+/t36-,37-,38-,41+,43+,45-,52-/m1/s1. The highest BCUT2D eigenvalue weighted by molar-refractivity contribution is 7.91. The van der Waals surface area contributed by atoms with Crippen molar-refractivity contribution in [3.8, 4) is 11.6 Å². The molecule has 3 aliphatic heterocycles. The molecule has 13 nitrogen and oxygen atoms in total. The average Bonchev–Trinajstić information content (AvgIpc) is 3.93. The minimum Gasteiger partial charge on any atom is -0.492 e. The van der Waals surface area contributed by atoms with Crippen LogP contribution in [0.4, 0.5) is 0 Å². The molecule has 7 aliphatic rings. The van der Waals surface area contributed by atoms with Gasteiger partial charge >= 0.3 is 5.97 Å². The van der Waals surface area contributed by atoms with Crippen LogP contribution < -0.4 is 14.2 Å². The second-order valence-electron chi connectivity index (χ2n) is 20.9. The second kappa shape index (κ2) is 19.7. The predicted molar refractivity (Wildman–Crippen MR) is 251 cm³/mol. The molecule has 0 unspecified atom stereocenters. The molecule has 4 heterocycles. The Morgan fingerprint density at radius 3 is 2.50 bits per heavy atom. The van der Waals surface area contributed by atoms with Crippen LogP contribution in [0.1, 0.15) is 134 Å². The fourth-order valence-electron chi connectivity index (χ4n) is 11.8. The molecule has 9 rings (SSSR count). The summed E-state index contributed by atoms with van der Waals surface area (Å²) in [5, 5.41) is 0.891. The van der Waals surface area contributed by atoms with E-state index < -0.39 is 50.1 Å². The highest BCUT2D eigenvalue weighted by Gasteiger charge is 2.62. The van der Waals surface area contributed by atoms with Gasteiger partial charge < -0.3 is 24.0 Å². The number of likely N-dealkylation sites (tertiary alicyclic amines) is 1. The van der Waals surface area contributed by atoms with Crippen molar-refractivity contribution in [3.63, 3.8) is 0 Å². The Morgan fingerprint density at radius 1 is 0.970 bits per heavy atom. The van der Waals surface area contributed by atoms with Crippen LogP contribution in [0.15, 0.2) is 49.1 Å². The summed E-state index contributed by atoms with van der Waals surface area (Å²) in [5.41, 5.74) is 0.218. The summed E-state index contributed by atoms with van der Waals surface area (Å²) in [6.45, 7) is 9.33. The number of rotatable bonds is 13. The molecule has 358 valence electrons. The van der Waals surface area contributed by atoms with Gasteiger partial charge in [0.2, 0.25) is 27.7 Å². The van der Waals surface area contributed by atoms with E-state index in [0.717, 1.165) is 101 Å². The third kappa shape index (κ3) is 9.96. The maximum atomic E-state index is 15.2. The zero-order chi connectivity index (χ0) is 46.1. The van der Waals surface area contributed by atoms with Crippen LogP contribution in [-0.2, 0) is 40.4 Å². The van der Waals surface area contributed by atoms with E-state index in [0.29, 0.717) is 37.3 Å². The van der Waals surface area contributed by atoms with E-state index in [1.54, 1.807) is 17.9 Å². The number of amides is 2. The molecule has 2 bridgehead atoms. The van der Waals surface area contributed by atoms with Gasteiger partial charge in [-0.1, -0.05) is 49.6 Å². The lowest BCUT2D eigenvalue weighted by Gasteiger charge is -2.31. The monoisotopic (exact) mass is 926 g/mol. The van der Waals surface area contributed by atoms with E-state index in [-0.39, 0.29) is 67.8 Å². The molecular weight excluding hydrogens is 857 g/mol. The molecule has 1 aromatic heterocycles. The van der Waals surface area contributed by atoms with Gasteiger partial charge in [0, 0.05) is 24.8 Å². The van der Waals surface area contributed by atoms with E-state index in [9.17, 15) is 22.8 Å². The first-order chi connectivity index (χ1) is 31.9. The Kier molecular flexibility index (Phi) is 14.0. The second-order valence-corrected chi connectivity index (χ2v) is 23.1. The summed E-state index contributed by atoms with van der Waals surface area (Å²) in [6, 6.07) is 6.92. The van der Waals surface area contributed by atoms with Crippen LogP contribution in [0.3, 0.4) is 0 Å². The number of hydrogen-bond acceptors (Lipinski definition) is 11. The topological polar surface area (TPSA) is 162 Å². The first kappa shape index (κ1) is 46.8. The lowest BCUT2D eigenvalue weighted by atomic mass is 9.86. The van der Waals surface area contributed by atoms with E-state index in [1.807, 2.05) is 24.3 Å². The van der Waals surface area contributed by atoms with Crippen molar-refractivity contribution in [2.24, 2.45) is 29.1 Å². The number of ether oxygens (including phenoxy) is 3. The molecule has 66 heavy (non-hydrogen) atoms. The van der Waals surface area contributed by atoms with Gasteiger partial charge in [-0.3, -0.25) is 23.9 Å². The number of allylic oxidation sites excluding steroid dienone is 3. The molecule has 1 N–H and O–H groups in total. The first-order valence-corrected chi connectivity index (χ1v) is 26.7. The minimum absolute atomic E-state index is 0.0426. The van der Waals surface area contributed by atoms with Crippen LogP contribution in [0.5, 0.6) is 11.6 Å². The van der Waals surface area contributed by atoms with Crippen LogP contribution in [-0.4, -0.2) is 103 Å². The number of pyridine rings is 1. The molecule has 6 fully saturated rings. The van der Waals surface area contributed by atoms with Crippen LogP contribution >= 0.6 is 0 Å². The molecule has 0 radical (unpaired) electrons. The van der Waals surface area contributed by atoms with Crippen molar-refractivity contribution >= 4 is 44.5 Å². The maximum Gasteiger partial charge on any atom is 0.306 e. The van der Waals surface area contributed by atoms with Crippen LogP contribution in [0.25, 0.3) is 10.9 Å². The summed E-state index contributed by atoms with van der Waals surface area (Å²) < 4.78 is 47.8. The Bertz CT molecular complexity index is 2300. The number of fused-ring (bicyclic) bond motifs is 5. The summed E-state index contributed by atoms with van der Waals surface area (Å²) in [5.74, 6) is -1.47. The number of nitrogens with zero attached hydrogens (tertiary/aromatic N) is 3. The molecular formula is C52H70N4O9S. The number of carbonyl (C=O) groups is 4. The summed E-state index contributed by atoms with van der Waals surface area (Å²) in [6.07, 6.45) is 19.2. The Balaban J connectivity index is 1.05. The van der Waals surface area contributed by atoms with Crippen molar-refractivity contribution in [3.05, 3.63) is 54.6 Å². The Labute approximate surface area is 390 Å². The zero-order valence-corrected chi connectivity index (χ0v) is 39.7. The fourth-order valence-corrected chi connectivity index (χ4v) is 13.2. The summed E-state index contributed by atoms with van der Waals surface area (Å²) in [4.78, 5) is 67.3. The molecule has 4 aliphatic carbocycles. The van der Waals surface area contributed by atoms with Gasteiger partial charge in [-0.25, -0.2) is 13.4 Å². The Hall–Kier alpha value is -4.30. The van der Waals surface area contributed by atoms with Crippen molar-refractivity contribution in [2.75, 3.05) is 32.8 Å². The summed E-state index contributed by atoms with van der Waals surface area (Å²) in [7, 11) is -3.96. The molecule has 1 aromatic carbocycles. The third-order valence-electron chi connectivity index (χ3n) is 16.3. The lowest BCUT2D eigenvalue weighted by Crippen LogP contribution is -2.48. The lowest BCUT2D eigenvalue weighted by molar-refractivity contribution is -0.156. The summed E-state index contributed by atoms with van der Waals surface area (Å²) >= 11 is 0. The van der Waals surface area contributed by atoms with Crippen molar-refractivity contribution in [1.82, 2.24) is 19.5 Å². The zero-order valence-electron chi connectivity index (χ0n) is 38.9. The smallest absolute Gasteiger partial charge is 0.306 e. The quantitative estimate of drug-likeness (QED) is 0.119. The highest BCUT2D eigenvalue weighted by Crippen LogP contribution is 2.57. The molecule has 14 heteroatoms. The number of hydrogen-bond donors (Lipinski definition) is 1. The highest BCUT2D eigenvalue weighted by atomic mass is 32.2. The van der Waals surface area contributed by atoms with Crippen molar-refractivity contribution in [1.29, 1.82) is 0 Å². The van der Waals surface area contributed by atoms with Gasteiger partial charge in [-0.2, -0.15) is 0 Å². The van der Waals surface area contributed by atoms with Gasteiger partial charge in [0.1, 0.15) is 18.0 Å². The number of esters is 1. The largest absolute Gasteiger partial charge is 0.492 e. The van der Waals surface area contributed by atoms with E-state index in [4.69, 9.17) is 19.2 Å². The molecule has 4 saturated carbocycles. The van der Waals surface area contributed by atoms with Gasteiger partial charge in [0.05, 0.1) is 52.8 Å². The average molecular weight is 927 g/mol.